The van der Waals surface area contributed by atoms with E-state index in [1.807, 2.05) is 0 Å². The fourth-order valence-electron chi connectivity index (χ4n) is 1.70. The summed E-state index contributed by atoms with van der Waals surface area (Å²) < 4.78 is 12.8. The second-order valence-electron chi connectivity index (χ2n) is 4.01. The van der Waals surface area contributed by atoms with Crippen molar-refractivity contribution in [1.82, 2.24) is 10.2 Å². The summed E-state index contributed by atoms with van der Waals surface area (Å²) in [7, 11) is 0. The number of nitrogen functional groups attached to an aromatic ring is 1. The molecule has 0 aliphatic rings. The van der Waals surface area contributed by atoms with E-state index in [-0.39, 0.29) is 11.6 Å². The minimum atomic E-state index is -0.438. The number of hydrogen-bond donors (Lipinski definition) is 2. The number of carbonyl (C=O) groups excluding carboxylic acids is 1. The van der Waals surface area contributed by atoms with Gasteiger partial charge in [0, 0.05) is 18.8 Å². The number of halogens is 1. The molecular weight excluding hydrogens is 233 g/mol. The molecule has 1 aromatic carbocycles. The highest BCUT2D eigenvalue weighted by atomic mass is 19.1. The molecule has 100 valence electrons. The lowest BCUT2D eigenvalue weighted by Gasteiger charge is -2.18. The van der Waals surface area contributed by atoms with Gasteiger partial charge in [-0.05, 0) is 31.3 Å². The maximum absolute atomic E-state index is 12.8. The molecule has 1 aromatic rings. The van der Waals surface area contributed by atoms with Crippen molar-refractivity contribution in [3.8, 4) is 0 Å². The maximum atomic E-state index is 12.8. The predicted molar refractivity (Wildman–Crippen MR) is 70.9 cm³/mol. The first-order valence-electron chi connectivity index (χ1n) is 6.14. The SMILES string of the molecule is CCN(CC)CCNC(=O)c1ccc(F)cc1N. The Kier molecular flexibility index (Phi) is 5.58. The molecule has 0 saturated carbocycles. The first-order valence-corrected chi connectivity index (χ1v) is 6.14. The van der Waals surface area contributed by atoms with E-state index >= 15 is 0 Å². The Hall–Kier alpha value is -1.62. The number of hydrogen-bond acceptors (Lipinski definition) is 3. The largest absolute Gasteiger partial charge is 0.398 e. The van der Waals surface area contributed by atoms with Crippen LogP contribution in [0.25, 0.3) is 0 Å². The standard InChI is InChI=1S/C13H20FN3O/c1-3-17(4-2)8-7-16-13(18)11-6-5-10(14)9-12(11)15/h5-6,9H,3-4,7-8,15H2,1-2H3,(H,16,18). The van der Waals surface area contributed by atoms with Gasteiger partial charge in [-0.25, -0.2) is 4.39 Å². The van der Waals surface area contributed by atoms with Crippen LogP contribution in [0.5, 0.6) is 0 Å². The van der Waals surface area contributed by atoms with Crippen molar-refractivity contribution in [1.29, 1.82) is 0 Å². The average molecular weight is 253 g/mol. The molecule has 5 heteroatoms. The number of amides is 1. The normalized spacial score (nSPS) is 10.7. The Labute approximate surface area is 107 Å². The molecule has 0 bridgehead atoms. The summed E-state index contributed by atoms with van der Waals surface area (Å²) in [6, 6.07) is 3.78. The van der Waals surface area contributed by atoms with Crippen LogP contribution in [0, 0.1) is 5.82 Å². The van der Waals surface area contributed by atoms with Gasteiger partial charge in [0.05, 0.1) is 5.56 Å². The number of carbonyl (C=O) groups is 1. The zero-order chi connectivity index (χ0) is 13.5. The Morgan fingerprint density at radius 2 is 2.06 bits per heavy atom. The molecule has 0 aliphatic carbocycles. The molecule has 0 unspecified atom stereocenters. The predicted octanol–water partition coefficient (Wildman–Crippen LogP) is 1.48. The minimum absolute atomic E-state index is 0.162. The van der Waals surface area contributed by atoms with E-state index in [4.69, 9.17) is 5.73 Å². The summed E-state index contributed by atoms with van der Waals surface area (Å²) in [6.07, 6.45) is 0. The minimum Gasteiger partial charge on any atom is -0.398 e. The zero-order valence-electron chi connectivity index (χ0n) is 10.9. The van der Waals surface area contributed by atoms with E-state index in [0.717, 1.165) is 25.7 Å². The molecule has 0 spiro atoms. The summed E-state index contributed by atoms with van der Waals surface area (Å²) in [5.41, 5.74) is 6.07. The van der Waals surface area contributed by atoms with E-state index in [1.165, 1.54) is 12.1 Å². The van der Waals surface area contributed by atoms with E-state index in [1.54, 1.807) is 0 Å². The number of anilines is 1. The third-order valence-electron chi connectivity index (χ3n) is 2.87. The van der Waals surface area contributed by atoms with Crippen LogP contribution < -0.4 is 11.1 Å². The topological polar surface area (TPSA) is 58.4 Å². The van der Waals surface area contributed by atoms with Gasteiger partial charge in [0.25, 0.3) is 5.91 Å². The van der Waals surface area contributed by atoms with Crippen LogP contribution in [0.4, 0.5) is 10.1 Å². The van der Waals surface area contributed by atoms with Crippen LogP contribution in [0.2, 0.25) is 0 Å². The van der Waals surface area contributed by atoms with Crippen LogP contribution >= 0.6 is 0 Å². The molecule has 0 radical (unpaired) electrons. The molecule has 4 nitrogen and oxygen atoms in total. The van der Waals surface area contributed by atoms with E-state index in [9.17, 15) is 9.18 Å². The van der Waals surface area contributed by atoms with E-state index in [2.05, 4.69) is 24.1 Å². The van der Waals surface area contributed by atoms with Crippen molar-refractivity contribution in [2.75, 3.05) is 31.9 Å². The van der Waals surface area contributed by atoms with Gasteiger partial charge < -0.3 is 16.0 Å². The lowest BCUT2D eigenvalue weighted by atomic mass is 10.1. The lowest BCUT2D eigenvalue weighted by molar-refractivity contribution is 0.0950. The van der Waals surface area contributed by atoms with E-state index in [0.29, 0.717) is 12.1 Å². The van der Waals surface area contributed by atoms with Gasteiger partial charge in [-0.15, -0.1) is 0 Å². The molecule has 1 rings (SSSR count). The molecule has 3 N–H and O–H groups in total. The van der Waals surface area contributed by atoms with Crippen LogP contribution in [0.1, 0.15) is 24.2 Å². The lowest BCUT2D eigenvalue weighted by Crippen LogP contribution is -2.35. The summed E-state index contributed by atoms with van der Waals surface area (Å²) in [5, 5.41) is 2.78. The third-order valence-corrected chi connectivity index (χ3v) is 2.87. The first kappa shape index (κ1) is 14.4. The fraction of sp³-hybridized carbons (Fsp3) is 0.462. The molecule has 18 heavy (non-hydrogen) atoms. The van der Waals surface area contributed by atoms with Gasteiger partial charge in [0.2, 0.25) is 0 Å². The quantitative estimate of drug-likeness (QED) is 0.755. The van der Waals surface area contributed by atoms with Crippen molar-refractivity contribution < 1.29 is 9.18 Å². The van der Waals surface area contributed by atoms with Crippen LogP contribution in [0.15, 0.2) is 18.2 Å². The van der Waals surface area contributed by atoms with Gasteiger partial charge in [-0.3, -0.25) is 4.79 Å². The first-order chi connectivity index (χ1) is 8.58. The Bertz CT molecular complexity index is 405. The van der Waals surface area contributed by atoms with Gasteiger partial charge >= 0.3 is 0 Å². The summed E-state index contributed by atoms with van der Waals surface area (Å²) in [6.45, 7) is 7.39. The highest BCUT2D eigenvalue weighted by molar-refractivity contribution is 5.99. The molecule has 0 heterocycles. The molecule has 0 atom stereocenters. The second kappa shape index (κ2) is 6.96. The second-order valence-corrected chi connectivity index (χ2v) is 4.01. The molecule has 1 amide bonds. The summed E-state index contributed by atoms with van der Waals surface area (Å²) in [4.78, 5) is 14.0. The number of nitrogens with zero attached hydrogens (tertiary/aromatic N) is 1. The van der Waals surface area contributed by atoms with Crippen molar-refractivity contribution in [2.45, 2.75) is 13.8 Å². The molecule has 0 aromatic heterocycles. The highest BCUT2D eigenvalue weighted by Gasteiger charge is 2.10. The smallest absolute Gasteiger partial charge is 0.253 e. The number of likely N-dealkylation sites (N-methyl/N-ethyl adjacent to an activating group) is 1. The van der Waals surface area contributed by atoms with E-state index < -0.39 is 5.82 Å². The van der Waals surface area contributed by atoms with Crippen LogP contribution in [0.3, 0.4) is 0 Å². The highest BCUT2D eigenvalue weighted by Crippen LogP contribution is 2.12. The van der Waals surface area contributed by atoms with Crippen LogP contribution in [-0.2, 0) is 0 Å². The summed E-state index contributed by atoms with van der Waals surface area (Å²) >= 11 is 0. The number of rotatable bonds is 6. The number of nitrogens with one attached hydrogen (secondary N) is 1. The Balaban J connectivity index is 2.50. The maximum Gasteiger partial charge on any atom is 0.253 e. The average Bonchev–Trinajstić information content (AvgIpc) is 2.34. The van der Waals surface area contributed by atoms with Crippen molar-refractivity contribution >= 4 is 11.6 Å². The zero-order valence-corrected chi connectivity index (χ0v) is 10.9. The Morgan fingerprint density at radius 3 is 2.61 bits per heavy atom. The number of benzene rings is 1. The molecule has 0 saturated heterocycles. The van der Waals surface area contributed by atoms with Crippen LogP contribution in [-0.4, -0.2) is 37.0 Å². The monoisotopic (exact) mass is 253 g/mol. The van der Waals surface area contributed by atoms with Crippen molar-refractivity contribution in [3.05, 3.63) is 29.6 Å². The molecule has 0 fully saturated rings. The fourth-order valence-corrected chi connectivity index (χ4v) is 1.70. The van der Waals surface area contributed by atoms with Crippen molar-refractivity contribution in [3.63, 3.8) is 0 Å². The van der Waals surface area contributed by atoms with Crippen molar-refractivity contribution in [2.24, 2.45) is 0 Å². The van der Waals surface area contributed by atoms with Gasteiger partial charge in [0.15, 0.2) is 0 Å². The Morgan fingerprint density at radius 1 is 1.39 bits per heavy atom. The third kappa shape index (κ3) is 4.00. The van der Waals surface area contributed by atoms with Gasteiger partial charge in [0.1, 0.15) is 5.82 Å². The molecule has 0 aliphatic heterocycles. The molecular formula is C13H20FN3O. The van der Waals surface area contributed by atoms with Gasteiger partial charge in [-0.2, -0.15) is 0 Å². The summed E-state index contributed by atoms with van der Waals surface area (Å²) in [5.74, 6) is -0.702. The number of nitrogens with two attached hydrogens (primary N) is 1. The van der Waals surface area contributed by atoms with Gasteiger partial charge in [-0.1, -0.05) is 13.8 Å².